The minimum absolute atomic E-state index is 0.144. The second-order valence-corrected chi connectivity index (χ2v) is 7.46. The van der Waals surface area contributed by atoms with Crippen LogP contribution in [0.1, 0.15) is 11.1 Å². The first-order valence-electron chi connectivity index (χ1n) is 9.41. The van der Waals surface area contributed by atoms with E-state index < -0.39 is 23.9 Å². The maximum absolute atomic E-state index is 13.3. The maximum atomic E-state index is 13.3. The maximum Gasteiger partial charge on any atom is 0.277 e. The molecule has 0 saturated heterocycles. The number of aromatic nitrogens is 3. The van der Waals surface area contributed by atoms with Gasteiger partial charge in [0.25, 0.3) is 5.56 Å². The molecule has 7 nitrogen and oxygen atoms in total. The van der Waals surface area contributed by atoms with E-state index in [1.165, 1.54) is 45.7 Å². The topological polar surface area (TPSA) is 88.6 Å². The molecule has 0 unspecified atom stereocenters. The standard InChI is InChI=1S/C22H18ClFN4O3/c1-13-2-7-18(17(23)10-13)25-19(30)11-27-8-9-28-21(22(27)31)16(12-29)20(26-28)14-3-5-15(24)6-4-14/h2-10,29H,11-12H2,1H3,(H,25,30). The predicted octanol–water partition coefficient (Wildman–Crippen LogP) is 3.39. The lowest BCUT2D eigenvalue weighted by Crippen LogP contribution is -2.28. The molecular formula is C22H18ClFN4O3. The number of carbonyl (C=O) groups excluding carboxylic acids is 1. The van der Waals surface area contributed by atoms with E-state index in [-0.39, 0.29) is 12.1 Å². The summed E-state index contributed by atoms with van der Waals surface area (Å²) in [6, 6.07) is 10.8. The molecule has 2 aromatic carbocycles. The third-order valence-corrected chi connectivity index (χ3v) is 5.16. The SMILES string of the molecule is Cc1ccc(NC(=O)Cn2ccn3nc(-c4ccc(F)cc4)c(CO)c3c2=O)c(Cl)c1. The molecule has 0 atom stereocenters. The smallest absolute Gasteiger partial charge is 0.277 e. The number of carbonyl (C=O) groups is 1. The molecule has 158 valence electrons. The molecule has 2 N–H and O–H groups in total. The molecular weight excluding hydrogens is 423 g/mol. The number of hydrogen-bond acceptors (Lipinski definition) is 4. The first-order valence-corrected chi connectivity index (χ1v) is 9.78. The van der Waals surface area contributed by atoms with Crippen molar-refractivity contribution in [1.29, 1.82) is 0 Å². The van der Waals surface area contributed by atoms with Crippen molar-refractivity contribution in [1.82, 2.24) is 14.2 Å². The zero-order valence-electron chi connectivity index (χ0n) is 16.5. The van der Waals surface area contributed by atoms with Gasteiger partial charge < -0.3 is 15.0 Å². The fourth-order valence-electron chi connectivity index (χ4n) is 3.33. The van der Waals surface area contributed by atoms with Crippen LogP contribution < -0.4 is 10.9 Å². The number of aliphatic hydroxyl groups is 1. The molecule has 1 amide bonds. The Morgan fingerprint density at radius 2 is 1.94 bits per heavy atom. The van der Waals surface area contributed by atoms with E-state index >= 15 is 0 Å². The van der Waals surface area contributed by atoms with Gasteiger partial charge in [-0.2, -0.15) is 5.10 Å². The quantitative estimate of drug-likeness (QED) is 0.498. The molecule has 9 heteroatoms. The van der Waals surface area contributed by atoms with Crippen LogP contribution in [0, 0.1) is 12.7 Å². The number of amides is 1. The number of fused-ring (bicyclic) bond motifs is 1. The van der Waals surface area contributed by atoms with Crippen LogP contribution in [-0.4, -0.2) is 25.2 Å². The second-order valence-electron chi connectivity index (χ2n) is 7.05. The number of aliphatic hydroxyl groups excluding tert-OH is 1. The van der Waals surface area contributed by atoms with Gasteiger partial charge in [-0.1, -0.05) is 17.7 Å². The van der Waals surface area contributed by atoms with Gasteiger partial charge in [0.1, 0.15) is 17.9 Å². The largest absolute Gasteiger partial charge is 0.392 e. The van der Waals surface area contributed by atoms with Crippen LogP contribution in [-0.2, 0) is 17.9 Å². The minimum Gasteiger partial charge on any atom is -0.392 e. The fourth-order valence-corrected chi connectivity index (χ4v) is 3.61. The molecule has 0 aliphatic rings. The van der Waals surface area contributed by atoms with Crippen molar-refractivity contribution >= 4 is 28.7 Å². The third kappa shape index (κ3) is 4.08. The van der Waals surface area contributed by atoms with E-state index in [0.717, 1.165) is 5.56 Å². The molecule has 4 aromatic rings. The number of halogens is 2. The highest BCUT2D eigenvalue weighted by atomic mass is 35.5. The van der Waals surface area contributed by atoms with E-state index in [1.807, 2.05) is 13.0 Å². The average Bonchev–Trinajstić information content (AvgIpc) is 3.12. The summed E-state index contributed by atoms with van der Waals surface area (Å²) >= 11 is 6.15. The molecule has 0 bridgehead atoms. The van der Waals surface area contributed by atoms with Crippen molar-refractivity contribution < 1.29 is 14.3 Å². The second kappa shape index (κ2) is 8.33. The summed E-state index contributed by atoms with van der Waals surface area (Å²) in [5.74, 6) is -0.832. The van der Waals surface area contributed by atoms with Crippen molar-refractivity contribution in [3.63, 3.8) is 0 Å². The Kier molecular flexibility index (Phi) is 5.58. The van der Waals surface area contributed by atoms with Gasteiger partial charge in [-0.05, 0) is 48.9 Å². The predicted molar refractivity (Wildman–Crippen MR) is 116 cm³/mol. The summed E-state index contributed by atoms with van der Waals surface area (Å²) in [6.45, 7) is 1.19. The van der Waals surface area contributed by atoms with Crippen molar-refractivity contribution in [2.75, 3.05) is 5.32 Å². The highest BCUT2D eigenvalue weighted by Crippen LogP contribution is 2.25. The van der Waals surface area contributed by atoms with Gasteiger partial charge in [-0.15, -0.1) is 0 Å². The van der Waals surface area contributed by atoms with Crippen LogP contribution in [0.4, 0.5) is 10.1 Å². The normalized spacial score (nSPS) is 11.1. The van der Waals surface area contributed by atoms with Gasteiger partial charge in [-0.25, -0.2) is 8.91 Å². The summed E-state index contributed by atoms with van der Waals surface area (Å²) in [7, 11) is 0. The Hall–Kier alpha value is -3.49. The third-order valence-electron chi connectivity index (χ3n) is 4.85. The van der Waals surface area contributed by atoms with Crippen LogP contribution in [0.25, 0.3) is 16.8 Å². The lowest BCUT2D eigenvalue weighted by atomic mass is 10.1. The summed E-state index contributed by atoms with van der Waals surface area (Å²) in [6.07, 6.45) is 2.96. The van der Waals surface area contributed by atoms with Crippen LogP contribution >= 0.6 is 11.6 Å². The van der Waals surface area contributed by atoms with Gasteiger partial charge in [0.05, 0.1) is 23.0 Å². The Labute approximate surface area is 181 Å². The van der Waals surface area contributed by atoms with Crippen LogP contribution in [0.2, 0.25) is 5.02 Å². The fraction of sp³-hybridized carbons (Fsp3) is 0.136. The van der Waals surface area contributed by atoms with Gasteiger partial charge in [0.2, 0.25) is 5.91 Å². The van der Waals surface area contributed by atoms with E-state index in [4.69, 9.17) is 11.6 Å². The van der Waals surface area contributed by atoms with Gasteiger partial charge in [-0.3, -0.25) is 9.59 Å². The molecule has 0 aliphatic heterocycles. The summed E-state index contributed by atoms with van der Waals surface area (Å²) in [5, 5.41) is 17.3. The van der Waals surface area contributed by atoms with E-state index in [0.29, 0.717) is 27.5 Å². The van der Waals surface area contributed by atoms with E-state index in [1.54, 1.807) is 12.1 Å². The van der Waals surface area contributed by atoms with E-state index in [2.05, 4.69) is 10.4 Å². The Morgan fingerprint density at radius 3 is 2.61 bits per heavy atom. The Bertz CT molecular complexity index is 1350. The number of rotatable bonds is 5. The number of hydrogen-bond donors (Lipinski definition) is 2. The number of nitrogens with one attached hydrogen (secondary N) is 1. The lowest BCUT2D eigenvalue weighted by molar-refractivity contribution is -0.116. The van der Waals surface area contributed by atoms with E-state index in [9.17, 15) is 19.1 Å². The van der Waals surface area contributed by atoms with Crippen LogP contribution in [0.15, 0.2) is 59.7 Å². The Balaban J connectivity index is 1.68. The highest BCUT2D eigenvalue weighted by Gasteiger charge is 2.18. The van der Waals surface area contributed by atoms with Crippen molar-refractivity contribution in [3.8, 4) is 11.3 Å². The average molecular weight is 441 g/mol. The van der Waals surface area contributed by atoms with Crippen molar-refractivity contribution in [3.05, 3.63) is 87.2 Å². The molecule has 4 rings (SSSR count). The summed E-state index contributed by atoms with van der Waals surface area (Å²) in [4.78, 5) is 25.5. The minimum atomic E-state index is -0.488. The molecule has 31 heavy (non-hydrogen) atoms. The molecule has 0 radical (unpaired) electrons. The van der Waals surface area contributed by atoms with Crippen LogP contribution in [0.5, 0.6) is 0 Å². The lowest BCUT2D eigenvalue weighted by Gasteiger charge is -2.10. The van der Waals surface area contributed by atoms with Crippen molar-refractivity contribution in [2.24, 2.45) is 0 Å². The monoisotopic (exact) mass is 440 g/mol. The molecule has 2 heterocycles. The zero-order chi connectivity index (χ0) is 22.1. The first kappa shape index (κ1) is 20.8. The van der Waals surface area contributed by atoms with Crippen molar-refractivity contribution in [2.45, 2.75) is 20.1 Å². The molecule has 2 aromatic heterocycles. The molecule has 0 aliphatic carbocycles. The number of anilines is 1. The number of benzene rings is 2. The number of aryl methyl sites for hydroxylation is 1. The Morgan fingerprint density at radius 1 is 1.19 bits per heavy atom. The number of nitrogens with zero attached hydrogens (tertiary/aromatic N) is 3. The highest BCUT2D eigenvalue weighted by molar-refractivity contribution is 6.33. The molecule has 0 saturated carbocycles. The van der Waals surface area contributed by atoms with Gasteiger partial charge in [0.15, 0.2) is 0 Å². The summed E-state index contributed by atoms with van der Waals surface area (Å²) < 4.78 is 15.8. The summed E-state index contributed by atoms with van der Waals surface area (Å²) in [5.41, 5.74) is 2.29. The van der Waals surface area contributed by atoms with Gasteiger partial charge in [0, 0.05) is 23.5 Å². The molecule has 0 fully saturated rings. The first-order chi connectivity index (χ1) is 14.9. The van der Waals surface area contributed by atoms with Gasteiger partial charge >= 0.3 is 0 Å². The molecule has 0 spiro atoms. The van der Waals surface area contributed by atoms with Crippen LogP contribution in [0.3, 0.4) is 0 Å². The zero-order valence-corrected chi connectivity index (χ0v) is 17.2.